The van der Waals surface area contributed by atoms with Crippen LogP contribution in [0.3, 0.4) is 0 Å². The van der Waals surface area contributed by atoms with Crippen LogP contribution >= 0.6 is 0 Å². The summed E-state index contributed by atoms with van der Waals surface area (Å²) in [4.78, 5) is 18.4. The molecule has 7 heteroatoms. The molecule has 1 heterocycles. The Labute approximate surface area is 99.6 Å². The molecule has 0 unspecified atom stereocenters. The highest BCUT2D eigenvalue weighted by Gasteiger charge is 2.12. The lowest BCUT2D eigenvalue weighted by atomic mass is 10.0. The van der Waals surface area contributed by atoms with Gasteiger partial charge in [0.25, 0.3) is 0 Å². The highest BCUT2D eigenvalue weighted by atomic mass is 16.5. The molecule has 5 N–H and O–H groups in total. The molecule has 7 nitrogen and oxygen atoms in total. The van der Waals surface area contributed by atoms with Gasteiger partial charge >= 0.3 is 6.09 Å². The second-order valence-corrected chi connectivity index (χ2v) is 3.77. The lowest BCUT2D eigenvalue weighted by Crippen LogP contribution is -2.19. The van der Waals surface area contributed by atoms with Crippen LogP contribution in [-0.2, 0) is 4.74 Å². The third-order valence-electron chi connectivity index (χ3n) is 2.13. The summed E-state index contributed by atoms with van der Waals surface area (Å²) in [5.41, 5.74) is 11.5. The van der Waals surface area contributed by atoms with Crippen LogP contribution in [0.2, 0.25) is 0 Å². The lowest BCUT2D eigenvalue weighted by molar-refractivity contribution is 0.161. The molecule has 0 aliphatic heterocycles. The summed E-state index contributed by atoms with van der Waals surface area (Å²) in [5, 5.41) is 3.03. The van der Waals surface area contributed by atoms with Crippen LogP contribution in [0.1, 0.15) is 25.3 Å². The van der Waals surface area contributed by atoms with Gasteiger partial charge in [0.05, 0.1) is 6.54 Å². The molecular weight excluding hydrogens is 222 g/mol. The average Bonchev–Trinajstić information content (AvgIpc) is 2.23. The zero-order valence-corrected chi connectivity index (χ0v) is 9.93. The number of carbonyl (C=O) groups is 1. The Morgan fingerprint density at radius 2 is 2.24 bits per heavy atom. The predicted molar refractivity (Wildman–Crippen MR) is 64.6 cm³/mol. The molecule has 1 aromatic rings. The van der Waals surface area contributed by atoms with E-state index in [0.717, 1.165) is 5.56 Å². The molecule has 0 spiro atoms. The van der Waals surface area contributed by atoms with Crippen LogP contribution in [0, 0.1) is 0 Å². The van der Waals surface area contributed by atoms with Crippen molar-refractivity contribution >= 4 is 17.7 Å². The minimum Gasteiger partial charge on any atom is -0.448 e. The Hall–Kier alpha value is -2.05. The van der Waals surface area contributed by atoms with Gasteiger partial charge in [-0.25, -0.2) is 14.8 Å². The molecule has 0 atom stereocenters. The molecule has 17 heavy (non-hydrogen) atoms. The first-order chi connectivity index (χ1) is 8.02. The van der Waals surface area contributed by atoms with Crippen LogP contribution in [0.4, 0.5) is 16.4 Å². The second-order valence-electron chi connectivity index (χ2n) is 3.77. The topological polar surface area (TPSA) is 116 Å². The van der Waals surface area contributed by atoms with Gasteiger partial charge in [0.15, 0.2) is 0 Å². The van der Waals surface area contributed by atoms with Crippen molar-refractivity contribution in [2.75, 3.05) is 24.2 Å². The predicted octanol–water partition coefficient (Wildman–Crippen LogP) is 0.689. The summed E-state index contributed by atoms with van der Waals surface area (Å²) in [6, 6.07) is 0. The van der Waals surface area contributed by atoms with Crippen LogP contribution in [0.25, 0.3) is 0 Å². The number of nitrogens with two attached hydrogens (primary N) is 2. The van der Waals surface area contributed by atoms with Gasteiger partial charge in [-0.1, -0.05) is 13.8 Å². The van der Waals surface area contributed by atoms with Gasteiger partial charge in [-0.15, -0.1) is 0 Å². The zero-order chi connectivity index (χ0) is 12.8. The zero-order valence-electron chi connectivity index (χ0n) is 9.93. The second kappa shape index (κ2) is 5.88. The molecule has 0 fully saturated rings. The molecule has 0 saturated heterocycles. The Morgan fingerprint density at radius 1 is 1.53 bits per heavy atom. The summed E-state index contributed by atoms with van der Waals surface area (Å²) in [6.07, 6.45) is 0.594. The summed E-state index contributed by atoms with van der Waals surface area (Å²) < 4.78 is 4.60. The van der Waals surface area contributed by atoms with E-state index in [1.165, 1.54) is 6.33 Å². The van der Waals surface area contributed by atoms with Crippen molar-refractivity contribution in [3.63, 3.8) is 0 Å². The maximum atomic E-state index is 10.4. The molecule has 0 saturated carbocycles. The van der Waals surface area contributed by atoms with E-state index in [-0.39, 0.29) is 12.5 Å². The number of primary amides is 1. The number of ether oxygens (including phenoxy) is 1. The van der Waals surface area contributed by atoms with Gasteiger partial charge in [0.1, 0.15) is 24.6 Å². The first-order valence-electron chi connectivity index (χ1n) is 5.28. The first-order valence-corrected chi connectivity index (χ1v) is 5.28. The number of hydrogen-bond acceptors (Lipinski definition) is 6. The van der Waals surface area contributed by atoms with E-state index in [0.29, 0.717) is 18.2 Å². The number of aromatic nitrogens is 2. The van der Waals surface area contributed by atoms with E-state index in [1.54, 1.807) is 0 Å². The monoisotopic (exact) mass is 239 g/mol. The SMILES string of the molecule is CC(C)c1c(N)ncnc1NCCOC(N)=O. The van der Waals surface area contributed by atoms with Crippen LogP contribution in [0.5, 0.6) is 0 Å². The van der Waals surface area contributed by atoms with Gasteiger partial charge in [-0.2, -0.15) is 0 Å². The number of carbonyl (C=O) groups excluding carboxylic acids is 1. The number of nitrogen functional groups attached to an aromatic ring is 1. The maximum Gasteiger partial charge on any atom is 0.404 e. The molecule has 0 aromatic carbocycles. The van der Waals surface area contributed by atoms with E-state index in [4.69, 9.17) is 11.5 Å². The summed E-state index contributed by atoms with van der Waals surface area (Å²) in [7, 11) is 0. The first kappa shape index (κ1) is 13.0. The Kier molecular flexibility index (Phi) is 4.50. The molecule has 0 bridgehead atoms. The van der Waals surface area contributed by atoms with E-state index in [2.05, 4.69) is 20.0 Å². The fourth-order valence-electron chi connectivity index (χ4n) is 1.44. The quantitative estimate of drug-likeness (QED) is 0.651. The van der Waals surface area contributed by atoms with Gasteiger partial charge in [0.2, 0.25) is 0 Å². The van der Waals surface area contributed by atoms with Gasteiger partial charge in [0, 0.05) is 5.56 Å². The molecular formula is C10H17N5O2. The summed E-state index contributed by atoms with van der Waals surface area (Å²) in [5.74, 6) is 1.31. The third kappa shape index (κ3) is 3.78. The fourth-order valence-corrected chi connectivity index (χ4v) is 1.44. The van der Waals surface area contributed by atoms with Gasteiger partial charge < -0.3 is 21.5 Å². The van der Waals surface area contributed by atoms with Crippen LogP contribution in [-0.4, -0.2) is 29.2 Å². The van der Waals surface area contributed by atoms with Crippen molar-refractivity contribution < 1.29 is 9.53 Å². The van der Waals surface area contributed by atoms with E-state index in [1.807, 2.05) is 13.8 Å². The molecule has 0 aliphatic rings. The van der Waals surface area contributed by atoms with Gasteiger partial charge in [-0.3, -0.25) is 0 Å². The average molecular weight is 239 g/mol. The van der Waals surface area contributed by atoms with Crippen molar-refractivity contribution in [3.8, 4) is 0 Å². The number of rotatable bonds is 5. The minimum absolute atomic E-state index is 0.177. The maximum absolute atomic E-state index is 10.4. The van der Waals surface area contributed by atoms with Crippen molar-refractivity contribution in [1.29, 1.82) is 0 Å². The highest BCUT2D eigenvalue weighted by molar-refractivity contribution is 5.64. The molecule has 0 radical (unpaired) electrons. The van der Waals surface area contributed by atoms with Crippen LogP contribution in [0.15, 0.2) is 6.33 Å². The van der Waals surface area contributed by atoms with Gasteiger partial charge in [-0.05, 0) is 5.92 Å². The van der Waals surface area contributed by atoms with Crippen molar-refractivity contribution in [2.24, 2.45) is 5.73 Å². The van der Waals surface area contributed by atoms with E-state index in [9.17, 15) is 4.79 Å². The van der Waals surface area contributed by atoms with Crippen molar-refractivity contribution in [3.05, 3.63) is 11.9 Å². The van der Waals surface area contributed by atoms with E-state index < -0.39 is 6.09 Å². The number of hydrogen-bond donors (Lipinski definition) is 3. The fraction of sp³-hybridized carbons (Fsp3) is 0.500. The molecule has 1 aromatic heterocycles. The Balaban J connectivity index is 2.64. The number of anilines is 2. The number of nitrogens with one attached hydrogen (secondary N) is 1. The Bertz CT molecular complexity index is 394. The van der Waals surface area contributed by atoms with E-state index >= 15 is 0 Å². The minimum atomic E-state index is -0.793. The smallest absolute Gasteiger partial charge is 0.404 e. The van der Waals surface area contributed by atoms with Crippen molar-refractivity contribution in [2.45, 2.75) is 19.8 Å². The molecule has 1 rings (SSSR count). The van der Waals surface area contributed by atoms with Crippen LogP contribution < -0.4 is 16.8 Å². The lowest BCUT2D eigenvalue weighted by Gasteiger charge is -2.14. The standard InChI is InChI=1S/C10H17N5O2/c1-6(2)7-8(11)14-5-15-9(7)13-3-4-17-10(12)16/h5-6H,3-4H2,1-2H3,(H2,12,16)(H3,11,13,14,15). The normalized spacial score (nSPS) is 10.3. The number of nitrogens with zero attached hydrogens (tertiary/aromatic N) is 2. The Morgan fingerprint density at radius 3 is 2.82 bits per heavy atom. The number of amides is 1. The van der Waals surface area contributed by atoms with Crippen molar-refractivity contribution in [1.82, 2.24) is 9.97 Å². The largest absolute Gasteiger partial charge is 0.448 e. The molecule has 94 valence electrons. The molecule has 1 amide bonds. The molecule has 0 aliphatic carbocycles. The summed E-state index contributed by atoms with van der Waals surface area (Å²) in [6.45, 7) is 4.59. The third-order valence-corrected chi connectivity index (χ3v) is 2.13. The summed E-state index contributed by atoms with van der Waals surface area (Å²) >= 11 is 0. The highest BCUT2D eigenvalue weighted by Crippen LogP contribution is 2.25.